The van der Waals surface area contributed by atoms with Crippen LogP contribution in [0.1, 0.15) is 29.5 Å². The molecular formula is C20H22N2. The molecule has 2 heteroatoms. The molecule has 2 nitrogen and oxygen atoms in total. The van der Waals surface area contributed by atoms with Gasteiger partial charge in [0.05, 0.1) is 6.57 Å². The minimum atomic E-state index is 0.0824. The van der Waals surface area contributed by atoms with Crippen LogP contribution >= 0.6 is 0 Å². The molecule has 1 heterocycles. The van der Waals surface area contributed by atoms with Crippen LogP contribution in [-0.2, 0) is 5.41 Å². The molecule has 2 aromatic rings. The lowest BCUT2D eigenvalue weighted by Gasteiger charge is -2.42. The highest BCUT2D eigenvalue weighted by atomic mass is 15.1. The summed E-state index contributed by atoms with van der Waals surface area (Å²) in [6.07, 6.45) is 2.26. The summed E-state index contributed by atoms with van der Waals surface area (Å²) in [7, 11) is 2.20. The molecule has 1 fully saturated rings. The molecule has 0 amide bonds. The maximum absolute atomic E-state index is 7.14. The van der Waals surface area contributed by atoms with E-state index in [2.05, 4.69) is 60.1 Å². The third-order valence-electron chi connectivity index (χ3n) is 4.96. The largest absolute Gasteiger partial charge is 0.306 e. The second kappa shape index (κ2) is 5.94. The van der Waals surface area contributed by atoms with Crippen molar-refractivity contribution in [1.82, 2.24) is 4.90 Å². The molecule has 0 N–H and O–H groups in total. The SMILES string of the molecule is [C-]#[N+]c1ccc(C2(c3cccc(C)c3)CCN(C)CC2)cc1. The molecule has 0 spiro atoms. The summed E-state index contributed by atoms with van der Waals surface area (Å²) in [6, 6.07) is 17.1. The number of hydrogen-bond acceptors (Lipinski definition) is 1. The van der Waals surface area contributed by atoms with E-state index in [1.54, 1.807) is 0 Å². The molecule has 0 aromatic heterocycles. The fourth-order valence-electron chi connectivity index (χ4n) is 3.54. The van der Waals surface area contributed by atoms with Crippen LogP contribution in [0.25, 0.3) is 4.85 Å². The molecule has 0 bridgehead atoms. The molecule has 112 valence electrons. The van der Waals surface area contributed by atoms with Crippen LogP contribution in [0.15, 0.2) is 48.5 Å². The Balaban J connectivity index is 2.08. The van der Waals surface area contributed by atoms with E-state index in [-0.39, 0.29) is 5.41 Å². The second-order valence-electron chi connectivity index (χ2n) is 6.41. The van der Waals surface area contributed by atoms with Crippen molar-refractivity contribution in [3.05, 3.63) is 76.6 Å². The van der Waals surface area contributed by atoms with E-state index < -0.39 is 0 Å². The van der Waals surface area contributed by atoms with Gasteiger partial charge in [-0.3, -0.25) is 0 Å². The van der Waals surface area contributed by atoms with E-state index in [0.717, 1.165) is 31.6 Å². The van der Waals surface area contributed by atoms with Crippen molar-refractivity contribution in [2.45, 2.75) is 25.2 Å². The standard InChI is InChI=1S/C20H22N2/c1-16-5-4-6-18(15-16)20(11-13-22(3)14-12-20)17-7-9-19(21-2)10-8-17/h4-10,15H,11-14H2,1,3H3. The van der Waals surface area contributed by atoms with E-state index in [0.29, 0.717) is 0 Å². The zero-order valence-electron chi connectivity index (χ0n) is 13.3. The quantitative estimate of drug-likeness (QED) is 0.736. The normalized spacial score (nSPS) is 17.9. The number of rotatable bonds is 2. The maximum Gasteiger partial charge on any atom is 0.187 e. The first kappa shape index (κ1) is 14.8. The Hall–Kier alpha value is -2.11. The van der Waals surface area contributed by atoms with E-state index in [9.17, 15) is 0 Å². The molecule has 0 unspecified atom stereocenters. The predicted molar refractivity (Wildman–Crippen MR) is 91.4 cm³/mol. The summed E-state index contributed by atoms with van der Waals surface area (Å²) >= 11 is 0. The first-order chi connectivity index (χ1) is 10.6. The Morgan fingerprint density at radius 1 is 1.00 bits per heavy atom. The molecule has 1 saturated heterocycles. The minimum Gasteiger partial charge on any atom is -0.306 e. The first-order valence-electron chi connectivity index (χ1n) is 7.88. The number of likely N-dealkylation sites (tertiary alicyclic amines) is 1. The Morgan fingerprint density at radius 2 is 1.68 bits per heavy atom. The van der Waals surface area contributed by atoms with Crippen LogP contribution in [-0.4, -0.2) is 25.0 Å². The second-order valence-corrected chi connectivity index (χ2v) is 6.41. The van der Waals surface area contributed by atoms with Gasteiger partial charge in [-0.05, 0) is 51.0 Å². The Labute approximate surface area is 133 Å². The van der Waals surface area contributed by atoms with Crippen LogP contribution < -0.4 is 0 Å². The van der Waals surface area contributed by atoms with Gasteiger partial charge in [-0.25, -0.2) is 4.85 Å². The predicted octanol–water partition coefficient (Wildman–Crippen LogP) is 4.56. The van der Waals surface area contributed by atoms with Gasteiger partial charge in [0.15, 0.2) is 5.69 Å². The summed E-state index contributed by atoms with van der Waals surface area (Å²) in [5, 5.41) is 0. The van der Waals surface area contributed by atoms with Crippen molar-refractivity contribution in [3.8, 4) is 0 Å². The lowest BCUT2D eigenvalue weighted by atomic mass is 9.68. The van der Waals surface area contributed by atoms with Gasteiger partial charge in [0.25, 0.3) is 0 Å². The van der Waals surface area contributed by atoms with Gasteiger partial charge >= 0.3 is 0 Å². The van der Waals surface area contributed by atoms with Gasteiger partial charge in [-0.2, -0.15) is 0 Å². The monoisotopic (exact) mass is 290 g/mol. The number of aryl methyl sites for hydroxylation is 1. The molecule has 0 saturated carbocycles. The Morgan fingerprint density at radius 3 is 2.27 bits per heavy atom. The van der Waals surface area contributed by atoms with Crippen LogP contribution in [0, 0.1) is 13.5 Å². The van der Waals surface area contributed by atoms with E-state index in [1.165, 1.54) is 16.7 Å². The lowest BCUT2D eigenvalue weighted by Crippen LogP contribution is -2.41. The Bertz CT molecular complexity index is 686. The minimum absolute atomic E-state index is 0.0824. The van der Waals surface area contributed by atoms with Gasteiger partial charge in [-0.15, -0.1) is 0 Å². The summed E-state index contributed by atoms with van der Waals surface area (Å²) in [4.78, 5) is 5.92. The van der Waals surface area contributed by atoms with Crippen LogP contribution in [0.2, 0.25) is 0 Å². The van der Waals surface area contributed by atoms with Gasteiger partial charge in [0.1, 0.15) is 0 Å². The lowest BCUT2D eigenvalue weighted by molar-refractivity contribution is 0.213. The van der Waals surface area contributed by atoms with Crippen LogP contribution in [0.5, 0.6) is 0 Å². The van der Waals surface area contributed by atoms with Crippen molar-refractivity contribution < 1.29 is 0 Å². The van der Waals surface area contributed by atoms with Crippen molar-refractivity contribution in [2.75, 3.05) is 20.1 Å². The average molecular weight is 290 g/mol. The number of benzene rings is 2. The smallest absolute Gasteiger partial charge is 0.187 e. The summed E-state index contributed by atoms with van der Waals surface area (Å²) in [5.41, 5.74) is 4.87. The van der Waals surface area contributed by atoms with Crippen molar-refractivity contribution in [1.29, 1.82) is 0 Å². The molecule has 2 aromatic carbocycles. The molecule has 1 aliphatic heterocycles. The highest BCUT2D eigenvalue weighted by Gasteiger charge is 2.36. The van der Waals surface area contributed by atoms with Crippen molar-refractivity contribution in [2.24, 2.45) is 0 Å². The third kappa shape index (κ3) is 2.65. The molecule has 0 radical (unpaired) electrons. The van der Waals surface area contributed by atoms with Crippen molar-refractivity contribution >= 4 is 5.69 Å². The highest BCUT2D eigenvalue weighted by Crippen LogP contribution is 2.42. The Kier molecular flexibility index (Phi) is 4.00. The third-order valence-corrected chi connectivity index (χ3v) is 4.96. The number of piperidine rings is 1. The fourth-order valence-corrected chi connectivity index (χ4v) is 3.54. The summed E-state index contributed by atoms with van der Waals surface area (Å²) < 4.78 is 0. The van der Waals surface area contributed by atoms with Crippen LogP contribution in [0.4, 0.5) is 5.69 Å². The molecule has 1 aliphatic rings. The number of hydrogen-bond donors (Lipinski definition) is 0. The molecule has 3 rings (SSSR count). The van der Waals surface area contributed by atoms with Gasteiger partial charge in [0.2, 0.25) is 0 Å². The van der Waals surface area contributed by atoms with Crippen molar-refractivity contribution in [3.63, 3.8) is 0 Å². The number of nitrogens with zero attached hydrogens (tertiary/aromatic N) is 2. The molecule has 22 heavy (non-hydrogen) atoms. The zero-order chi connectivity index (χ0) is 15.6. The molecular weight excluding hydrogens is 268 g/mol. The average Bonchev–Trinajstić information content (AvgIpc) is 2.56. The molecule has 0 aliphatic carbocycles. The van der Waals surface area contributed by atoms with E-state index in [4.69, 9.17) is 6.57 Å². The first-order valence-corrected chi connectivity index (χ1v) is 7.88. The van der Waals surface area contributed by atoms with Gasteiger partial charge < -0.3 is 4.90 Å². The van der Waals surface area contributed by atoms with E-state index >= 15 is 0 Å². The summed E-state index contributed by atoms with van der Waals surface area (Å²) in [6.45, 7) is 11.5. The summed E-state index contributed by atoms with van der Waals surface area (Å²) in [5.74, 6) is 0. The van der Waals surface area contributed by atoms with Gasteiger partial charge in [-0.1, -0.05) is 54.1 Å². The van der Waals surface area contributed by atoms with Gasteiger partial charge in [0, 0.05) is 5.41 Å². The molecule has 0 atom stereocenters. The van der Waals surface area contributed by atoms with E-state index in [1.807, 2.05) is 12.1 Å². The fraction of sp³-hybridized carbons (Fsp3) is 0.350. The highest BCUT2D eigenvalue weighted by molar-refractivity contribution is 5.50. The maximum atomic E-state index is 7.14. The van der Waals surface area contributed by atoms with Crippen LogP contribution in [0.3, 0.4) is 0 Å². The zero-order valence-corrected chi connectivity index (χ0v) is 13.3. The topological polar surface area (TPSA) is 7.60 Å².